The first kappa shape index (κ1) is 32.1. The lowest BCUT2D eigenvalue weighted by atomic mass is 9.84. The quantitative estimate of drug-likeness (QED) is 0.220. The van der Waals surface area contributed by atoms with Gasteiger partial charge in [0.25, 0.3) is 15.9 Å². The highest BCUT2D eigenvalue weighted by Gasteiger charge is 2.42. The Bertz CT molecular complexity index is 1720. The van der Waals surface area contributed by atoms with Crippen LogP contribution in [0.25, 0.3) is 0 Å². The maximum Gasteiger partial charge on any atom is 0.491 e. The zero-order chi connectivity index (χ0) is 31.8. The highest BCUT2D eigenvalue weighted by Crippen LogP contribution is 2.36. The molecule has 1 aromatic heterocycles. The molecule has 234 valence electrons. The molecule has 17 heteroatoms. The molecular formula is C27H22Cl3F3N4O6S. The number of nitrogens with one attached hydrogen (secondary N) is 2. The molecule has 3 aliphatic heterocycles. The summed E-state index contributed by atoms with van der Waals surface area (Å²) in [6.07, 6.45) is -2.47. The predicted molar refractivity (Wildman–Crippen MR) is 155 cm³/mol. The smallest absolute Gasteiger partial charge is 0.437 e. The summed E-state index contributed by atoms with van der Waals surface area (Å²) < 4.78 is 77.9. The number of piperidine rings is 3. The summed E-state index contributed by atoms with van der Waals surface area (Å²) in [6.45, 7) is 2.40. The SMILES string of the molecule is O=C(NC1CN2CCC1CC2)c1ccc(Oc2ncc(Cl)cc2NS(=O)(=O)c2ccc(Cl)c(Cl)c2)cc1OC(=O)C(F)(F)F. The van der Waals surface area contributed by atoms with Crippen molar-refractivity contribution in [2.45, 2.75) is 30.0 Å². The number of nitrogens with zero attached hydrogens (tertiary/aromatic N) is 2. The van der Waals surface area contributed by atoms with Crippen LogP contribution < -0.4 is 19.5 Å². The number of ether oxygens (including phenoxy) is 2. The third-order valence-corrected chi connectivity index (χ3v) is 9.39. The fourth-order valence-electron chi connectivity index (χ4n) is 4.91. The summed E-state index contributed by atoms with van der Waals surface area (Å²) in [7, 11) is -4.28. The van der Waals surface area contributed by atoms with Gasteiger partial charge >= 0.3 is 12.1 Å². The van der Waals surface area contributed by atoms with Gasteiger partial charge in [0.15, 0.2) is 0 Å². The van der Waals surface area contributed by atoms with E-state index in [0.29, 0.717) is 6.54 Å². The predicted octanol–water partition coefficient (Wildman–Crippen LogP) is 5.93. The number of sulfonamides is 1. The minimum atomic E-state index is -5.35. The van der Waals surface area contributed by atoms with Crippen LogP contribution >= 0.6 is 34.8 Å². The summed E-state index contributed by atoms with van der Waals surface area (Å²) in [6, 6.07) is 7.80. The Labute approximate surface area is 264 Å². The van der Waals surface area contributed by atoms with E-state index >= 15 is 0 Å². The van der Waals surface area contributed by atoms with E-state index in [1.165, 1.54) is 24.3 Å². The Morgan fingerprint density at radius 1 is 1.00 bits per heavy atom. The van der Waals surface area contributed by atoms with Gasteiger partial charge in [-0.25, -0.2) is 18.2 Å². The van der Waals surface area contributed by atoms with Gasteiger partial charge < -0.3 is 19.7 Å². The fourth-order valence-corrected chi connectivity index (χ4v) is 6.51. The fraction of sp³-hybridized carbons (Fsp3) is 0.296. The first-order chi connectivity index (χ1) is 20.7. The average Bonchev–Trinajstić information content (AvgIpc) is 2.96. The second kappa shape index (κ2) is 12.6. The minimum absolute atomic E-state index is 0.0174. The van der Waals surface area contributed by atoms with Crippen LogP contribution in [0.1, 0.15) is 23.2 Å². The molecule has 3 aromatic rings. The van der Waals surface area contributed by atoms with Crippen molar-refractivity contribution in [1.29, 1.82) is 0 Å². The molecule has 10 nitrogen and oxygen atoms in total. The number of esters is 1. The lowest BCUT2D eigenvalue weighted by Gasteiger charge is -2.44. The van der Waals surface area contributed by atoms with Crippen LogP contribution in [0.3, 0.4) is 0 Å². The van der Waals surface area contributed by atoms with Crippen molar-refractivity contribution in [2.75, 3.05) is 24.4 Å². The Hall–Kier alpha value is -3.30. The molecule has 1 amide bonds. The molecule has 44 heavy (non-hydrogen) atoms. The number of anilines is 1. The van der Waals surface area contributed by atoms with Gasteiger partial charge in [-0.1, -0.05) is 34.8 Å². The normalized spacial score (nSPS) is 19.7. The first-order valence-electron chi connectivity index (χ1n) is 13.0. The van der Waals surface area contributed by atoms with E-state index in [9.17, 15) is 31.2 Å². The van der Waals surface area contributed by atoms with Crippen LogP contribution in [0, 0.1) is 5.92 Å². The molecule has 4 heterocycles. The number of carbonyl (C=O) groups excluding carboxylic acids is 2. The van der Waals surface area contributed by atoms with Crippen molar-refractivity contribution < 1.29 is 40.7 Å². The molecule has 0 radical (unpaired) electrons. The first-order valence-corrected chi connectivity index (χ1v) is 15.6. The van der Waals surface area contributed by atoms with Gasteiger partial charge in [0, 0.05) is 24.8 Å². The van der Waals surface area contributed by atoms with Crippen LogP contribution in [-0.4, -0.2) is 62.0 Å². The molecule has 1 atom stereocenters. The van der Waals surface area contributed by atoms with Gasteiger partial charge in [-0.2, -0.15) is 13.2 Å². The van der Waals surface area contributed by atoms with Crippen LogP contribution in [0.4, 0.5) is 18.9 Å². The topological polar surface area (TPSA) is 127 Å². The van der Waals surface area contributed by atoms with E-state index in [2.05, 4.69) is 24.7 Å². The van der Waals surface area contributed by atoms with Gasteiger partial charge in [0.1, 0.15) is 17.2 Å². The monoisotopic (exact) mass is 692 g/mol. The van der Waals surface area contributed by atoms with Gasteiger partial charge in [0.05, 0.1) is 25.5 Å². The number of alkyl halides is 3. The minimum Gasteiger partial charge on any atom is -0.437 e. The number of rotatable bonds is 8. The van der Waals surface area contributed by atoms with E-state index in [1.807, 2.05) is 0 Å². The summed E-state index contributed by atoms with van der Waals surface area (Å²) in [4.78, 5) is 30.8. The van der Waals surface area contributed by atoms with Crippen molar-refractivity contribution in [3.05, 3.63) is 69.3 Å². The molecule has 2 N–H and O–H groups in total. The van der Waals surface area contributed by atoms with Crippen molar-refractivity contribution in [2.24, 2.45) is 5.92 Å². The van der Waals surface area contributed by atoms with Gasteiger partial charge in [-0.3, -0.25) is 9.52 Å². The Kier molecular flexibility index (Phi) is 9.19. The van der Waals surface area contributed by atoms with E-state index in [0.717, 1.165) is 50.3 Å². The third-order valence-electron chi connectivity index (χ3n) is 7.08. The number of carbonyl (C=O) groups is 2. The average molecular weight is 694 g/mol. The summed E-state index contributed by atoms with van der Waals surface area (Å²) in [5.74, 6) is -4.40. The van der Waals surface area contributed by atoms with Crippen molar-refractivity contribution >= 4 is 62.4 Å². The van der Waals surface area contributed by atoms with Crippen molar-refractivity contribution in [3.63, 3.8) is 0 Å². The number of hydrogen-bond donors (Lipinski definition) is 2. The van der Waals surface area contributed by atoms with E-state index in [-0.39, 0.29) is 54.8 Å². The lowest BCUT2D eigenvalue weighted by molar-refractivity contribution is -0.189. The second-order valence-electron chi connectivity index (χ2n) is 10.1. The summed E-state index contributed by atoms with van der Waals surface area (Å²) in [5, 5.41) is 2.96. The van der Waals surface area contributed by atoms with E-state index in [4.69, 9.17) is 39.5 Å². The number of aromatic nitrogens is 1. The van der Waals surface area contributed by atoms with Gasteiger partial charge in [-0.05, 0) is 68.2 Å². The molecule has 2 bridgehead atoms. The van der Waals surface area contributed by atoms with Crippen LogP contribution in [0.5, 0.6) is 17.4 Å². The molecule has 6 rings (SSSR count). The molecule has 3 saturated heterocycles. The molecule has 2 aromatic carbocycles. The molecular weight excluding hydrogens is 672 g/mol. The highest BCUT2D eigenvalue weighted by atomic mass is 35.5. The third kappa shape index (κ3) is 7.32. The highest BCUT2D eigenvalue weighted by molar-refractivity contribution is 7.92. The molecule has 0 spiro atoms. The van der Waals surface area contributed by atoms with Crippen LogP contribution in [0.15, 0.2) is 53.6 Å². The van der Waals surface area contributed by atoms with Crippen molar-refractivity contribution in [3.8, 4) is 17.4 Å². The zero-order valence-corrected chi connectivity index (χ0v) is 25.4. The van der Waals surface area contributed by atoms with E-state index in [1.54, 1.807) is 0 Å². The Morgan fingerprint density at radius 3 is 2.36 bits per heavy atom. The van der Waals surface area contributed by atoms with Crippen LogP contribution in [0.2, 0.25) is 15.1 Å². The Morgan fingerprint density at radius 2 is 1.73 bits per heavy atom. The number of amides is 1. The van der Waals surface area contributed by atoms with E-state index < -0.39 is 33.8 Å². The van der Waals surface area contributed by atoms with Gasteiger partial charge in [-0.15, -0.1) is 0 Å². The molecule has 0 aliphatic carbocycles. The standard InChI is InChI=1S/C27H22Cl3F3N4O6S/c28-15-9-21(36-44(40,41)17-2-4-19(29)20(30)11-17)25(34-12-15)42-16-1-3-18(23(10-16)43-26(39)27(31,32)33)24(38)35-22-13-37-7-5-14(22)6-8-37/h1-4,9-12,14,22,36H,5-8,13H2,(H,35,38). The molecule has 1 unspecified atom stereocenters. The Balaban J connectivity index is 1.43. The van der Waals surface area contributed by atoms with Gasteiger partial charge in [0.2, 0.25) is 5.88 Å². The summed E-state index contributed by atoms with van der Waals surface area (Å²) >= 11 is 17.8. The zero-order valence-electron chi connectivity index (χ0n) is 22.3. The molecule has 3 aliphatic rings. The maximum atomic E-state index is 13.2. The second-order valence-corrected chi connectivity index (χ2v) is 13.0. The van der Waals surface area contributed by atoms with Crippen LogP contribution in [-0.2, 0) is 14.8 Å². The van der Waals surface area contributed by atoms with Crippen molar-refractivity contribution in [1.82, 2.24) is 15.2 Å². The number of hydrogen-bond acceptors (Lipinski definition) is 8. The number of benzene rings is 2. The number of fused-ring (bicyclic) bond motifs is 3. The maximum absolute atomic E-state index is 13.2. The number of pyridine rings is 1. The molecule has 0 saturated carbocycles. The lowest BCUT2D eigenvalue weighted by Crippen LogP contribution is -2.57. The largest absolute Gasteiger partial charge is 0.491 e. The number of halogens is 6. The summed E-state index contributed by atoms with van der Waals surface area (Å²) in [5.41, 5.74) is -0.586. The molecule has 3 fully saturated rings.